The number of rotatable bonds is 3. The van der Waals surface area contributed by atoms with Gasteiger partial charge in [-0.25, -0.2) is 14.4 Å². The third-order valence-corrected chi connectivity index (χ3v) is 4.77. The van der Waals surface area contributed by atoms with Crippen LogP contribution in [0.15, 0.2) is 42.5 Å². The summed E-state index contributed by atoms with van der Waals surface area (Å²) >= 11 is 6.46. The van der Waals surface area contributed by atoms with Crippen molar-refractivity contribution in [3.63, 3.8) is 0 Å². The number of tetrazole rings is 1. The lowest BCUT2D eigenvalue weighted by Gasteiger charge is -2.02. The molecule has 0 radical (unpaired) electrons. The Morgan fingerprint density at radius 2 is 1.93 bits per heavy atom. The lowest BCUT2D eigenvalue weighted by Crippen LogP contribution is -1.97. The minimum absolute atomic E-state index is 0.276. The Bertz CT molecular complexity index is 1320. The predicted molar refractivity (Wildman–Crippen MR) is 103 cm³/mol. The first kappa shape index (κ1) is 16.8. The van der Waals surface area contributed by atoms with Crippen molar-refractivity contribution >= 4 is 33.5 Å². The summed E-state index contributed by atoms with van der Waals surface area (Å²) in [6.07, 6.45) is 0.458. The van der Waals surface area contributed by atoms with Gasteiger partial charge in [-0.3, -0.25) is 0 Å². The molecule has 0 spiro atoms. The number of halogens is 2. The van der Waals surface area contributed by atoms with Crippen LogP contribution in [0.3, 0.4) is 0 Å². The second-order valence-corrected chi connectivity index (χ2v) is 6.80. The van der Waals surface area contributed by atoms with Crippen LogP contribution in [0.1, 0.15) is 11.4 Å². The third-order valence-electron chi connectivity index (χ3n) is 4.50. The Kier molecular flexibility index (Phi) is 3.80. The van der Waals surface area contributed by atoms with Gasteiger partial charge in [0.2, 0.25) is 5.82 Å². The molecule has 0 saturated heterocycles. The van der Waals surface area contributed by atoms with Gasteiger partial charge in [0, 0.05) is 22.9 Å². The third kappa shape index (κ3) is 2.87. The molecule has 3 heterocycles. The first-order valence-corrected chi connectivity index (χ1v) is 8.91. The van der Waals surface area contributed by atoms with Crippen LogP contribution in [0.5, 0.6) is 0 Å². The average molecular weight is 394 g/mol. The maximum Gasteiger partial charge on any atom is 0.204 e. The van der Waals surface area contributed by atoms with Gasteiger partial charge in [-0.2, -0.15) is 4.80 Å². The molecule has 0 aliphatic carbocycles. The van der Waals surface area contributed by atoms with Crippen molar-refractivity contribution in [2.45, 2.75) is 6.42 Å². The molecule has 0 aliphatic rings. The number of hydrogen-bond acceptors (Lipinski definition) is 5. The van der Waals surface area contributed by atoms with Crippen LogP contribution in [-0.4, -0.2) is 35.2 Å². The molecule has 138 valence electrons. The number of aromatic amines is 1. The molecular weight excluding hydrogens is 381 g/mol. The lowest BCUT2D eigenvalue weighted by atomic mass is 10.1. The predicted octanol–water partition coefficient (Wildman–Crippen LogP) is 3.68. The maximum atomic E-state index is 13.1. The summed E-state index contributed by atoms with van der Waals surface area (Å²) in [7, 11) is 1.72. The zero-order valence-electron chi connectivity index (χ0n) is 14.7. The zero-order chi connectivity index (χ0) is 19.3. The molecule has 1 N–H and O–H groups in total. The van der Waals surface area contributed by atoms with Crippen LogP contribution >= 0.6 is 11.6 Å². The summed E-state index contributed by atoms with van der Waals surface area (Å²) in [5, 5.41) is 14.2. The summed E-state index contributed by atoms with van der Waals surface area (Å²) in [5.41, 5.74) is 3.25. The summed E-state index contributed by atoms with van der Waals surface area (Å²) in [4.78, 5) is 13.7. The monoisotopic (exact) mass is 393 g/mol. The highest BCUT2D eigenvalue weighted by molar-refractivity contribution is 6.36. The Labute approximate surface area is 163 Å². The van der Waals surface area contributed by atoms with Crippen LogP contribution in [0.2, 0.25) is 5.15 Å². The smallest absolute Gasteiger partial charge is 0.204 e. The van der Waals surface area contributed by atoms with Gasteiger partial charge in [-0.15, -0.1) is 10.2 Å². The Morgan fingerprint density at radius 1 is 1.11 bits per heavy atom. The van der Waals surface area contributed by atoms with Gasteiger partial charge in [-0.1, -0.05) is 35.9 Å². The standard InChI is InChI=1S/C19H13ClFN7/c1-28-26-18(25-27-28)11-4-7-13-14(9-11)22-19-16(13)17(20)23-15(24-19)8-10-2-5-12(21)6-3-10/h2-7,9H,8H2,1H3,(H,22,23,24). The summed E-state index contributed by atoms with van der Waals surface area (Å²) in [5.74, 6) is 0.825. The number of benzene rings is 2. The van der Waals surface area contributed by atoms with Crippen LogP contribution in [-0.2, 0) is 13.5 Å². The van der Waals surface area contributed by atoms with Crippen molar-refractivity contribution < 1.29 is 4.39 Å². The minimum atomic E-state index is -0.276. The largest absolute Gasteiger partial charge is 0.339 e. The van der Waals surface area contributed by atoms with Crippen LogP contribution in [0.4, 0.5) is 4.39 Å². The molecule has 0 unspecified atom stereocenters. The van der Waals surface area contributed by atoms with Gasteiger partial charge < -0.3 is 4.98 Å². The Morgan fingerprint density at radius 3 is 2.68 bits per heavy atom. The molecule has 28 heavy (non-hydrogen) atoms. The van der Waals surface area contributed by atoms with Crippen LogP contribution in [0.25, 0.3) is 33.3 Å². The number of nitrogens with one attached hydrogen (secondary N) is 1. The number of H-pyrrole nitrogens is 1. The first-order chi connectivity index (χ1) is 13.6. The van der Waals surface area contributed by atoms with Crippen molar-refractivity contribution in [1.29, 1.82) is 0 Å². The van der Waals surface area contributed by atoms with E-state index in [0.29, 0.717) is 28.9 Å². The van der Waals surface area contributed by atoms with E-state index in [4.69, 9.17) is 11.6 Å². The van der Waals surface area contributed by atoms with E-state index in [1.165, 1.54) is 16.9 Å². The molecule has 0 fully saturated rings. The second-order valence-electron chi connectivity index (χ2n) is 6.45. The van der Waals surface area contributed by atoms with E-state index in [-0.39, 0.29) is 5.82 Å². The second kappa shape index (κ2) is 6.35. The van der Waals surface area contributed by atoms with Crippen LogP contribution in [0, 0.1) is 5.82 Å². The van der Waals surface area contributed by atoms with E-state index >= 15 is 0 Å². The molecule has 0 saturated carbocycles. The van der Waals surface area contributed by atoms with E-state index < -0.39 is 0 Å². The van der Waals surface area contributed by atoms with Gasteiger partial charge >= 0.3 is 0 Å². The first-order valence-electron chi connectivity index (χ1n) is 8.53. The van der Waals surface area contributed by atoms with Gasteiger partial charge in [0.15, 0.2) is 0 Å². The summed E-state index contributed by atoms with van der Waals surface area (Å²) in [6.45, 7) is 0. The van der Waals surface area contributed by atoms with Crippen molar-refractivity contribution in [3.05, 3.63) is 64.8 Å². The fourth-order valence-electron chi connectivity index (χ4n) is 3.20. The van der Waals surface area contributed by atoms with Gasteiger partial charge in [-0.05, 0) is 29.0 Å². The highest BCUT2D eigenvalue weighted by Crippen LogP contribution is 2.31. The summed E-state index contributed by atoms with van der Waals surface area (Å²) in [6, 6.07) is 12.0. The minimum Gasteiger partial charge on any atom is -0.339 e. The quantitative estimate of drug-likeness (QED) is 0.472. The molecule has 2 aromatic carbocycles. The molecule has 5 rings (SSSR count). The molecule has 7 nitrogen and oxygen atoms in total. The van der Waals surface area contributed by atoms with Gasteiger partial charge in [0.1, 0.15) is 22.4 Å². The zero-order valence-corrected chi connectivity index (χ0v) is 15.4. The number of aromatic nitrogens is 7. The van der Waals surface area contributed by atoms with Gasteiger partial charge in [0.25, 0.3) is 0 Å². The van der Waals surface area contributed by atoms with E-state index in [0.717, 1.165) is 27.4 Å². The van der Waals surface area contributed by atoms with E-state index in [9.17, 15) is 4.39 Å². The number of hydrogen-bond donors (Lipinski definition) is 1. The molecule has 3 aromatic heterocycles. The fourth-order valence-corrected chi connectivity index (χ4v) is 3.49. The molecule has 0 bridgehead atoms. The number of aryl methyl sites for hydroxylation is 1. The summed E-state index contributed by atoms with van der Waals surface area (Å²) < 4.78 is 13.1. The Hall–Kier alpha value is -3.39. The number of nitrogens with zero attached hydrogens (tertiary/aromatic N) is 6. The SMILES string of the molecule is Cn1nnc(-c2ccc3c(c2)[nH]c2nc(Cc4ccc(F)cc4)nc(Cl)c23)n1. The Balaban J connectivity index is 1.59. The molecular formula is C19H13ClFN7. The van der Waals surface area contributed by atoms with Crippen molar-refractivity contribution in [2.24, 2.45) is 7.05 Å². The maximum absolute atomic E-state index is 13.1. The highest BCUT2D eigenvalue weighted by atomic mass is 35.5. The van der Waals surface area contributed by atoms with Crippen molar-refractivity contribution in [3.8, 4) is 11.4 Å². The molecule has 0 atom stereocenters. The topological polar surface area (TPSA) is 85.2 Å². The molecule has 0 aliphatic heterocycles. The molecule has 0 amide bonds. The molecule has 5 aromatic rings. The average Bonchev–Trinajstić information content (AvgIpc) is 3.26. The van der Waals surface area contributed by atoms with Crippen LogP contribution < -0.4 is 0 Å². The highest BCUT2D eigenvalue weighted by Gasteiger charge is 2.14. The van der Waals surface area contributed by atoms with E-state index in [1.807, 2.05) is 18.2 Å². The van der Waals surface area contributed by atoms with Crippen molar-refractivity contribution in [2.75, 3.05) is 0 Å². The number of fused-ring (bicyclic) bond motifs is 3. The lowest BCUT2D eigenvalue weighted by molar-refractivity contribution is 0.627. The van der Waals surface area contributed by atoms with Crippen molar-refractivity contribution in [1.82, 2.24) is 35.2 Å². The normalized spacial score (nSPS) is 11.5. The van der Waals surface area contributed by atoms with E-state index in [2.05, 4.69) is 30.4 Å². The van der Waals surface area contributed by atoms with E-state index in [1.54, 1.807) is 19.2 Å². The fraction of sp³-hybridized carbons (Fsp3) is 0.105. The molecule has 9 heteroatoms. The van der Waals surface area contributed by atoms with Gasteiger partial charge in [0.05, 0.1) is 12.4 Å².